The minimum absolute atomic E-state index is 0.0602. The molecule has 3 aliphatic rings. The van der Waals surface area contributed by atoms with Gasteiger partial charge in [0.1, 0.15) is 6.17 Å². The Balaban J connectivity index is 2.08. The van der Waals surface area contributed by atoms with Crippen molar-refractivity contribution in [2.45, 2.75) is 19.0 Å². The van der Waals surface area contributed by atoms with Gasteiger partial charge in [0.2, 0.25) is 0 Å². The van der Waals surface area contributed by atoms with Crippen molar-refractivity contribution in [1.82, 2.24) is 0 Å². The highest BCUT2D eigenvalue weighted by molar-refractivity contribution is 5.14. The monoisotopic (exact) mass is 116 g/mol. The number of aliphatic hydroxyl groups is 1. The van der Waals surface area contributed by atoms with E-state index in [1.165, 1.54) is 0 Å². The summed E-state index contributed by atoms with van der Waals surface area (Å²) in [4.78, 5) is 0. The lowest BCUT2D eigenvalue weighted by Gasteiger charge is -2.63. The van der Waals surface area contributed by atoms with Crippen LogP contribution in [0.1, 0.15) is 12.8 Å². The van der Waals surface area contributed by atoms with E-state index in [2.05, 4.69) is 0 Å². The predicted molar refractivity (Wildman–Crippen MR) is 27.1 cm³/mol. The van der Waals surface area contributed by atoms with Gasteiger partial charge in [0.15, 0.2) is 0 Å². The molecule has 1 N–H and O–H groups in total. The smallest absolute Gasteiger partial charge is 0.111 e. The molecule has 2 bridgehead atoms. The molecule has 46 valence electrons. The summed E-state index contributed by atoms with van der Waals surface area (Å²) in [7, 11) is 0. The maximum Gasteiger partial charge on any atom is 0.111 e. The molecule has 2 heteroatoms. The predicted octanol–water partition coefficient (Wildman–Crippen LogP) is 0.727. The van der Waals surface area contributed by atoms with Crippen molar-refractivity contribution in [2.75, 3.05) is 6.61 Å². The quantitative estimate of drug-likeness (QED) is 0.535. The molecular weight excluding hydrogens is 107 g/mol. The van der Waals surface area contributed by atoms with Crippen LogP contribution >= 0.6 is 0 Å². The van der Waals surface area contributed by atoms with Gasteiger partial charge in [-0.15, -0.1) is 0 Å². The molecule has 3 rings (SSSR count). The molecule has 0 heterocycles. The minimum atomic E-state index is -0.660. The minimum Gasteiger partial charge on any atom is -0.396 e. The van der Waals surface area contributed by atoms with Crippen LogP contribution in [-0.2, 0) is 0 Å². The summed E-state index contributed by atoms with van der Waals surface area (Å²) < 4.78 is 12.5. The molecule has 0 aliphatic heterocycles. The van der Waals surface area contributed by atoms with Gasteiger partial charge in [0, 0.05) is 5.41 Å². The summed E-state index contributed by atoms with van der Waals surface area (Å²) in [5, 5.41) is 8.61. The molecule has 0 aromatic heterocycles. The lowest BCUT2D eigenvalue weighted by Crippen LogP contribution is -2.65. The fraction of sp³-hybridized carbons (Fsp3) is 1.00. The van der Waals surface area contributed by atoms with Gasteiger partial charge in [0.25, 0.3) is 0 Å². The van der Waals surface area contributed by atoms with Gasteiger partial charge in [-0.05, 0) is 18.8 Å². The molecule has 8 heavy (non-hydrogen) atoms. The summed E-state index contributed by atoms with van der Waals surface area (Å²) in [6.07, 6.45) is 1.21. The van der Waals surface area contributed by atoms with E-state index in [0.29, 0.717) is 5.92 Å². The number of rotatable bonds is 1. The van der Waals surface area contributed by atoms with Crippen LogP contribution in [0.25, 0.3) is 0 Å². The van der Waals surface area contributed by atoms with E-state index in [-0.39, 0.29) is 12.0 Å². The van der Waals surface area contributed by atoms with Crippen molar-refractivity contribution in [3.05, 3.63) is 0 Å². The fourth-order valence-corrected chi connectivity index (χ4v) is 1.81. The van der Waals surface area contributed by atoms with Gasteiger partial charge < -0.3 is 5.11 Å². The van der Waals surface area contributed by atoms with E-state index >= 15 is 0 Å². The Kier molecular flexibility index (Phi) is 0.639. The van der Waals surface area contributed by atoms with Crippen LogP contribution in [0.3, 0.4) is 0 Å². The Morgan fingerprint density at radius 1 is 1.62 bits per heavy atom. The molecule has 0 aromatic rings. The first kappa shape index (κ1) is 4.74. The van der Waals surface area contributed by atoms with Gasteiger partial charge in [-0.1, -0.05) is 0 Å². The summed E-state index contributed by atoms with van der Waals surface area (Å²) in [6, 6.07) is 0. The number of hydrogen-bond donors (Lipinski definition) is 1. The van der Waals surface area contributed by atoms with E-state index < -0.39 is 6.17 Å². The maximum atomic E-state index is 12.5. The standard InChI is InChI=1S/C6H9FO/c7-5-4-1-6(5,2-4)3-8/h4-5,8H,1-3H2. The zero-order valence-corrected chi connectivity index (χ0v) is 4.60. The molecule has 0 amide bonds. The molecule has 0 radical (unpaired) electrons. The molecule has 1 unspecified atom stereocenters. The van der Waals surface area contributed by atoms with Gasteiger partial charge in [0.05, 0.1) is 6.61 Å². The van der Waals surface area contributed by atoms with Crippen molar-refractivity contribution in [2.24, 2.45) is 11.3 Å². The van der Waals surface area contributed by atoms with Crippen LogP contribution in [0.15, 0.2) is 0 Å². The first-order chi connectivity index (χ1) is 3.78. The van der Waals surface area contributed by atoms with Crippen molar-refractivity contribution in [3.8, 4) is 0 Å². The number of hydrogen-bond acceptors (Lipinski definition) is 1. The Morgan fingerprint density at radius 2 is 2.25 bits per heavy atom. The van der Waals surface area contributed by atoms with E-state index in [0.717, 1.165) is 12.8 Å². The van der Waals surface area contributed by atoms with Crippen LogP contribution in [0.5, 0.6) is 0 Å². The average molecular weight is 116 g/mol. The molecular formula is C6H9FO. The Hall–Kier alpha value is -0.110. The van der Waals surface area contributed by atoms with Crippen LogP contribution in [-0.4, -0.2) is 17.9 Å². The van der Waals surface area contributed by atoms with Crippen LogP contribution in [0.2, 0.25) is 0 Å². The molecule has 0 spiro atoms. The molecule has 0 saturated heterocycles. The summed E-state index contributed by atoms with van der Waals surface area (Å²) >= 11 is 0. The number of alkyl halides is 1. The topological polar surface area (TPSA) is 20.2 Å². The van der Waals surface area contributed by atoms with E-state index in [1.54, 1.807) is 0 Å². The SMILES string of the molecule is OCC12CC(C1)C2F. The lowest BCUT2D eigenvalue weighted by molar-refractivity contribution is -0.218. The number of aliphatic hydroxyl groups excluding tert-OH is 1. The zero-order valence-electron chi connectivity index (χ0n) is 4.60. The molecule has 3 fully saturated rings. The Labute approximate surface area is 47.5 Å². The third-order valence-corrected chi connectivity index (χ3v) is 2.65. The maximum absolute atomic E-state index is 12.5. The first-order valence-corrected chi connectivity index (χ1v) is 3.03. The van der Waals surface area contributed by atoms with Crippen LogP contribution in [0.4, 0.5) is 4.39 Å². The highest BCUT2D eigenvalue weighted by Crippen LogP contribution is 2.65. The van der Waals surface area contributed by atoms with Gasteiger partial charge in [-0.25, -0.2) is 4.39 Å². The molecule has 3 aliphatic carbocycles. The summed E-state index contributed by atoms with van der Waals surface area (Å²) in [5.41, 5.74) is -0.245. The third-order valence-electron chi connectivity index (χ3n) is 2.65. The summed E-state index contributed by atoms with van der Waals surface area (Å²) in [6.45, 7) is 0.0602. The van der Waals surface area contributed by atoms with E-state index in [9.17, 15) is 4.39 Å². The molecule has 1 atom stereocenters. The second kappa shape index (κ2) is 1.08. The van der Waals surface area contributed by atoms with Crippen molar-refractivity contribution in [1.29, 1.82) is 0 Å². The second-order valence-electron chi connectivity index (χ2n) is 3.09. The van der Waals surface area contributed by atoms with Crippen molar-refractivity contribution in [3.63, 3.8) is 0 Å². The Morgan fingerprint density at radius 3 is 2.25 bits per heavy atom. The van der Waals surface area contributed by atoms with E-state index in [1.807, 2.05) is 0 Å². The fourth-order valence-electron chi connectivity index (χ4n) is 1.81. The van der Waals surface area contributed by atoms with Crippen molar-refractivity contribution >= 4 is 0 Å². The first-order valence-electron chi connectivity index (χ1n) is 3.03. The Bertz CT molecular complexity index is 112. The van der Waals surface area contributed by atoms with Gasteiger partial charge in [-0.2, -0.15) is 0 Å². The average Bonchev–Trinajstić information content (AvgIpc) is 1.64. The van der Waals surface area contributed by atoms with Gasteiger partial charge in [-0.3, -0.25) is 0 Å². The van der Waals surface area contributed by atoms with Gasteiger partial charge >= 0.3 is 0 Å². The number of halogens is 1. The highest BCUT2D eigenvalue weighted by atomic mass is 19.1. The molecule has 3 saturated carbocycles. The molecule has 1 nitrogen and oxygen atoms in total. The normalized spacial score (nSPS) is 59.2. The van der Waals surface area contributed by atoms with Crippen LogP contribution < -0.4 is 0 Å². The van der Waals surface area contributed by atoms with Crippen LogP contribution in [0, 0.1) is 11.3 Å². The summed E-state index contributed by atoms with van der Waals surface area (Å²) in [5.74, 6) is 0.321. The third kappa shape index (κ3) is 0.269. The second-order valence-corrected chi connectivity index (χ2v) is 3.09. The lowest BCUT2D eigenvalue weighted by atomic mass is 9.43. The molecule has 0 aromatic carbocycles. The van der Waals surface area contributed by atoms with E-state index in [4.69, 9.17) is 5.11 Å². The van der Waals surface area contributed by atoms with Crippen molar-refractivity contribution < 1.29 is 9.50 Å². The zero-order chi connectivity index (χ0) is 5.78. The largest absolute Gasteiger partial charge is 0.396 e. The highest BCUT2D eigenvalue weighted by Gasteiger charge is 2.65.